The van der Waals surface area contributed by atoms with Crippen molar-refractivity contribution >= 4 is 40.0 Å². The molecule has 0 atom stereocenters. The Morgan fingerprint density at radius 1 is 1.42 bits per heavy atom. The summed E-state index contributed by atoms with van der Waals surface area (Å²) in [7, 11) is 1.66. The van der Waals surface area contributed by atoms with Crippen LogP contribution in [0.1, 0.15) is 25.1 Å². The molecule has 2 aromatic rings. The first kappa shape index (κ1) is 17.9. The average Bonchev–Trinajstić information content (AvgIpc) is 2.92. The van der Waals surface area contributed by atoms with Crippen molar-refractivity contribution in [3.05, 3.63) is 47.7 Å². The second-order valence-corrected chi connectivity index (χ2v) is 5.65. The van der Waals surface area contributed by atoms with Gasteiger partial charge >= 0.3 is 0 Å². The first-order valence-electron chi connectivity index (χ1n) is 7.82. The van der Waals surface area contributed by atoms with Gasteiger partial charge in [0.05, 0.1) is 7.11 Å². The Kier molecular flexibility index (Phi) is 6.32. The van der Waals surface area contributed by atoms with E-state index in [4.69, 9.17) is 17.0 Å². The lowest BCUT2D eigenvalue weighted by Crippen LogP contribution is -2.22. The minimum Gasteiger partial charge on any atom is -0.497 e. The van der Waals surface area contributed by atoms with E-state index in [0.717, 1.165) is 33.5 Å². The fraction of sp³-hybridized carbons (Fsp3) is 0.263. The first-order valence-corrected chi connectivity index (χ1v) is 8.29. The van der Waals surface area contributed by atoms with Crippen LogP contribution in [0, 0.1) is 0 Å². The summed E-state index contributed by atoms with van der Waals surface area (Å²) in [6.45, 7) is 4.07. The molecule has 2 N–H and O–H groups in total. The van der Waals surface area contributed by atoms with Crippen molar-refractivity contribution in [2.45, 2.75) is 20.3 Å². The van der Waals surface area contributed by atoms with Crippen molar-refractivity contribution in [3.63, 3.8) is 0 Å². The number of aromatic amines is 1. The van der Waals surface area contributed by atoms with Crippen LogP contribution in [0.4, 0.5) is 0 Å². The van der Waals surface area contributed by atoms with Crippen LogP contribution >= 0.6 is 12.2 Å². The summed E-state index contributed by atoms with van der Waals surface area (Å²) in [5, 5.41) is 5.56. The number of fused-ring (bicyclic) bond motifs is 1. The summed E-state index contributed by atoms with van der Waals surface area (Å²) in [4.78, 5) is 14.6. The van der Waals surface area contributed by atoms with Gasteiger partial charge in [0.1, 0.15) is 5.75 Å². The molecule has 0 saturated heterocycles. The van der Waals surface area contributed by atoms with Gasteiger partial charge in [-0.15, -0.1) is 0 Å². The van der Waals surface area contributed by atoms with E-state index in [1.165, 1.54) is 6.92 Å². The molecule has 0 aliphatic carbocycles. The predicted octanol–water partition coefficient (Wildman–Crippen LogP) is 3.81. The molecule has 0 bridgehead atoms. The number of ether oxygens (including phenoxy) is 1. The molecule has 1 heterocycles. The maximum absolute atomic E-state index is 11.2. The monoisotopic (exact) mass is 342 g/mol. The van der Waals surface area contributed by atoms with Gasteiger partial charge in [-0.1, -0.05) is 24.4 Å². The molecule has 0 radical (unpaired) electrons. The smallest absolute Gasteiger partial charge is 0.216 e. The number of rotatable bonds is 7. The Morgan fingerprint density at radius 3 is 2.83 bits per heavy atom. The Hall–Kier alpha value is -2.40. The molecule has 2 rings (SSSR count). The number of hydrogen-bond donors (Lipinski definition) is 2. The van der Waals surface area contributed by atoms with E-state index in [-0.39, 0.29) is 5.91 Å². The van der Waals surface area contributed by atoms with Crippen LogP contribution in [0.15, 0.2) is 36.4 Å². The van der Waals surface area contributed by atoms with Crippen LogP contribution in [0.25, 0.3) is 16.5 Å². The lowest BCUT2D eigenvalue weighted by Gasteiger charge is -2.07. The molecule has 4 nitrogen and oxygen atoms in total. The SMILES string of the molecule is C/C=C\C(=C/C=S)c1[nH]c2ccc(OC)cc2c1CCNC(C)=O. The van der Waals surface area contributed by atoms with Crippen LogP contribution in [-0.2, 0) is 11.2 Å². The fourth-order valence-electron chi connectivity index (χ4n) is 2.70. The topological polar surface area (TPSA) is 54.1 Å². The van der Waals surface area contributed by atoms with Gasteiger partial charge in [-0.05, 0) is 48.8 Å². The van der Waals surface area contributed by atoms with Crippen molar-refractivity contribution in [1.29, 1.82) is 0 Å². The van der Waals surface area contributed by atoms with Gasteiger partial charge in [-0.3, -0.25) is 4.79 Å². The predicted molar refractivity (Wildman–Crippen MR) is 104 cm³/mol. The number of methoxy groups -OCH3 is 1. The van der Waals surface area contributed by atoms with Crippen molar-refractivity contribution in [2.24, 2.45) is 0 Å². The summed E-state index contributed by atoms with van der Waals surface area (Å²) in [6.07, 6.45) is 6.62. The Labute approximate surface area is 147 Å². The third kappa shape index (κ3) is 4.11. The number of carbonyl (C=O) groups is 1. The number of hydrogen-bond acceptors (Lipinski definition) is 3. The van der Waals surface area contributed by atoms with Crippen molar-refractivity contribution in [3.8, 4) is 5.75 Å². The van der Waals surface area contributed by atoms with E-state index in [9.17, 15) is 4.79 Å². The third-order valence-electron chi connectivity index (χ3n) is 3.74. The van der Waals surface area contributed by atoms with Gasteiger partial charge in [0.15, 0.2) is 0 Å². The number of carbonyl (C=O) groups excluding carboxylic acids is 1. The second kappa shape index (κ2) is 8.45. The number of thiocarbonyl (C=S) groups is 1. The van der Waals surface area contributed by atoms with Crippen molar-refractivity contribution in [2.75, 3.05) is 13.7 Å². The highest BCUT2D eigenvalue weighted by molar-refractivity contribution is 7.79. The standard InChI is InChI=1S/C19H22N2O2S/c1-4-5-14(9-11-24)19-16(8-10-20-13(2)22)17-12-15(23-3)6-7-18(17)21-19/h4-7,9,11-12,21H,8,10H2,1-3H3,(H,20,22)/b5-4-,14-9+. The molecule has 5 heteroatoms. The highest BCUT2D eigenvalue weighted by Gasteiger charge is 2.14. The molecule has 1 aromatic carbocycles. The van der Waals surface area contributed by atoms with E-state index in [1.54, 1.807) is 12.5 Å². The van der Waals surface area contributed by atoms with E-state index in [0.29, 0.717) is 13.0 Å². The molecular weight excluding hydrogens is 320 g/mol. The molecule has 24 heavy (non-hydrogen) atoms. The molecule has 0 saturated carbocycles. The molecule has 0 fully saturated rings. The maximum Gasteiger partial charge on any atom is 0.216 e. The minimum absolute atomic E-state index is 0.0305. The zero-order chi connectivity index (χ0) is 17.5. The summed E-state index contributed by atoms with van der Waals surface area (Å²) < 4.78 is 5.35. The average molecular weight is 342 g/mol. The summed E-state index contributed by atoms with van der Waals surface area (Å²) >= 11 is 5.00. The van der Waals surface area contributed by atoms with E-state index in [2.05, 4.69) is 10.3 Å². The molecule has 1 amide bonds. The van der Waals surface area contributed by atoms with Gasteiger partial charge in [-0.2, -0.15) is 0 Å². The van der Waals surface area contributed by atoms with Gasteiger partial charge < -0.3 is 15.0 Å². The van der Waals surface area contributed by atoms with Gasteiger partial charge in [0, 0.05) is 35.4 Å². The van der Waals surface area contributed by atoms with Crippen LogP contribution in [-0.4, -0.2) is 29.9 Å². The van der Waals surface area contributed by atoms with Gasteiger partial charge in [-0.25, -0.2) is 0 Å². The molecular formula is C19H22N2O2S. The van der Waals surface area contributed by atoms with Crippen LogP contribution < -0.4 is 10.1 Å². The third-order valence-corrected chi connectivity index (χ3v) is 3.88. The zero-order valence-corrected chi connectivity index (χ0v) is 15.0. The van der Waals surface area contributed by atoms with Gasteiger partial charge in [0.25, 0.3) is 0 Å². The maximum atomic E-state index is 11.2. The lowest BCUT2D eigenvalue weighted by molar-refractivity contribution is -0.118. The number of H-pyrrole nitrogens is 1. The lowest BCUT2D eigenvalue weighted by atomic mass is 10.0. The molecule has 0 unspecified atom stereocenters. The Bertz CT molecular complexity index is 803. The van der Waals surface area contributed by atoms with Crippen LogP contribution in [0.5, 0.6) is 5.75 Å². The van der Waals surface area contributed by atoms with E-state index < -0.39 is 0 Å². The van der Waals surface area contributed by atoms with Crippen LogP contribution in [0.3, 0.4) is 0 Å². The number of amides is 1. The summed E-state index contributed by atoms with van der Waals surface area (Å²) in [5.74, 6) is 0.775. The zero-order valence-electron chi connectivity index (χ0n) is 14.2. The van der Waals surface area contributed by atoms with Crippen molar-refractivity contribution in [1.82, 2.24) is 10.3 Å². The minimum atomic E-state index is -0.0305. The molecule has 1 aromatic heterocycles. The van der Waals surface area contributed by atoms with E-state index >= 15 is 0 Å². The Balaban J connectivity index is 2.56. The largest absolute Gasteiger partial charge is 0.497 e. The van der Waals surface area contributed by atoms with Crippen LogP contribution in [0.2, 0.25) is 0 Å². The first-order chi connectivity index (χ1) is 11.6. The molecule has 0 aliphatic heterocycles. The highest BCUT2D eigenvalue weighted by atomic mass is 32.1. The molecule has 0 spiro atoms. The quantitative estimate of drug-likeness (QED) is 0.457. The summed E-state index contributed by atoms with van der Waals surface area (Å²) in [5.41, 5.74) is 4.20. The highest BCUT2D eigenvalue weighted by Crippen LogP contribution is 2.31. The number of nitrogens with one attached hydrogen (secondary N) is 2. The van der Waals surface area contributed by atoms with Gasteiger partial charge in [0.2, 0.25) is 5.91 Å². The van der Waals surface area contributed by atoms with Crippen molar-refractivity contribution < 1.29 is 9.53 Å². The van der Waals surface area contributed by atoms with E-state index in [1.807, 2.05) is 43.4 Å². The molecule has 126 valence electrons. The summed E-state index contributed by atoms with van der Waals surface area (Å²) in [6, 6.07) is 5.95. The second-order valence-electron chi connectivity index (χ2n) is 5.38. The Morgan fingerprint density at radius 2 is 2.21 bits per heavy atom. The number of benzene rings is 1. The molecule has 0 aliphatic rings. The number of aromatic nitrogens is 1. The normalized spacial score (nSPS) is 11.9. The number of allylic oxidation sites excluding steroid dienone is 4. The fourth-order valence-corrected chi connectivity index (χ4v) is 2.85.